The number of halogens is 4. The third-order valence-corrected chi connectivity index (χ3v) is 5.35. The lowest BCUT2D eigenvalue weighted by molar-refractivity contribution is -0.190. The summed E-state index contributed by atoms with van der Waals surface area (Å²) in [5.41, 5.74) is 0.402. The number of hydrogen-bond acceptors (Lipinski definition) is 3. The average molecular weight is 443 g/mol. The molecule has 1 fully saturated rings. The number of furan rings is 1. The molecular weight excluding hydrogens is 421 g/mol. The van der Waals surface area contributed by atoms with Gasteiger partial charge in [0, 0.05) is 17.6 Å². The van der Waals surface area contributed by atoms with E-state index < -0.39 is 30.6 Å². The summed E-state index contributed by atoms with van der Waals surface area (Å²) in [7, 11) is 0. The molecule has 0 aliphatic heterocycles. The summed E-state index contributed by atoms with van der Waals surface area (Å²) in [6.07, 6.45) is 0.543. The maximum Gasteiger partial charge on any atom is 0.471 e. The number of carbonyl (C=O) groups is 2. The number of carbonyl (C=O) groups excluding carboxylic acids is 2. The molecule has 162 valence electrons. The van der Waals surface area contributed by atoms with Gasteiger partial charge in [0.1, 0.15) is 5.76 Å². The zero-order valence-corrected chi connectivity index (χ0v) is 16.9. The monoisotopic (exact) mass is 442 g/mol. The van der Waals surface area contributed by atoms with Crippen LogP contribution in [0.2, 0.25) is 5.02 Å². The van der Waals surface area contributed by atoms with E-state index in [2.05, 4.69) is 5.32 Å². The SMILES string of the molecule is O=C(NC1CCCCC1)[C@H](c1ccco1)N(Cc1ccc(Cl)cc1)C(=O)C(F)(F)F. The third-order valence-electron chi connectivity index (χ3n) is 5.09. The van der Waals surface area contributed by atoms with Crippen molar-refractivity contribution in [3.63, 3.8) is 0 Å². The van der Waals surface area contributed by atoms with Gasteiger partial charge in [-0.25, -0.2) is 0 Å². The predicted octanol–water partition coefficient (Wildman–Crippen LogP) is 5.01. The molecule has 1 saturated carbocycles. The largest absolute Gasteiger partial charge is 0.471 e. The molecule has 0 bridgehead atoms. The standard InChI is InChI=1S/C21H22ClF3N2O3/c22-15-10-8-14(9-11-15)13-27(20(29)21(23,24)25)18(17-7-4-12-30-17)19(28)26-16-5-2-1-3-6-16/h4,7-12,16,18H,1-3,5-6,13H2,(H,26,28)/t18-/m0/s1. The first-order valence-corrected chi connectivity index (χ1v) is 10.1. The summed E-state index contributed by atoms with van der Waals surface area (Å²) in [6.45, 7) is -0.432. The van der Waals surface area contributed by atoms with E-state index in [4.69, 9.17) is 16.0 Å². The average Bonchev–Trinajstić information content (AvgIpc) is 3.23. The first-order valence-electron chi connectivity index (χ1n) is 9.71. The number of nitrogens with zero attached hydrogens (tertiary/aromatic N) is 1. The van der Waals surface area contributed by atoms with Gasteiger partial charge in [-0.1, -0.05) is 43.0 Å². The molecule has 1 aromatic heterocycles. The van der Waals surface area contributed by atoms with Crippen LogP contribution in [0.15, 0.2) is 47.1 Å². The van der Waals surface area contributed by atoms with E-state index in [-0.39, 0.29) is 11.8 Å². The minimum Gasteiger partial charge on any atom is -0.467 e. The van der Waals surface area contributed by atoms with Crippen LogP contribution >= 0.6 is 11.6 Å². The highest BCUT2D eigenvalue weighted by atomic mass is 35.5. The molecule has 1 heterocycles. The van der Waals surface area contributed by atoms with E-state index in [0.717, 1.165) is 32.1 Å². The Morgan fingerprint density at radius 1 is 1.13 bits per heavy atom. The lowest BCUT2D eigenvalue weighted by atomic mass is 9.95. The normalized spacial score (nSPS) is 16.1. The van der Waals surface area contributed by atoms with Gasteiger partial charge < -0.3 is 14.6 Å². The van der Waals surface area contributed by atoms with Crippen LogP contribution in [0.1, 0.15) is 49.5 Å². The van der Waals surface area contributed by atoms with Crippen molar-refractivity contribution in [3.05, 3.63) is 59.0 Å². The highest BCUT2D eigenvalue weighted by molar-refractivity contribution is 6.30. The van der Waals surface area contributed by atoms with Crippen molar-refractivity contribution >= 4 is 23.4 Å². The van der Waals surface area contributed by atoms with E-state index in [1.807, 2.05) is 0 Å². The molecule has 2 amide bonds. The fraction of sp³-hybridized carbons (Fsp3) is 0.429. The summed E-state index contributed by atoms with van der Waals surface area (Å²) in [4.78, 5) is 25.9. The summed E-state index contributed by atoms with van der Waals surface area (Å²) >= 11 is 5.85. The second-order valence-corrected chi connectivity index (χ2v) is 7.76. The molecule has 0 spiro atoms. The Labute approximate surface area is 177 Å². The van der Waals surface area contributed by atoms with Crippen molar-refractivity contribution in [2.24, 2.45) is 0 Å². The van der Waals surface area contributed by atoms with Crippen LogP contribution in [-0.4, -0.2) is 28.9 Å². The maximum absolute atomic E-state index is 13.4. The summed E-state index contributed by atoms with van der Waals surface area (Å²) in [6, 6.07) is 7.22. The lowest BCUT2D eigenvalue weighted by Gasteiger charge is -2.32. The first-order chi connectivity index (χ1) is 14.3. The number of nitrogens with one attached hydrogen (secondary N) is 1. The zero-order chi connectivity index (χ0) is 21.7. The van der Waals surface area contributed by atoms with Gasteiger partial charge in [0.2, 0.25) is 0 Å². The van der Waals surface area contributed by atoms with E-state index in [1.54, 1.807) is 0 Å². The molecule has 1 aliphatic rings. The van der Waals surface area contributed by atoms with Crippen LogP contribution in [-0.2, 0) is 16.1 Å². The van der Waals surface area contributed by atoms with Crippen LogP contribution < -0.4 is 5.32 Å². The van der Waals surface area contributed by atoms with Gasteiger partial charge in [0.15, 0.2) is 6.04 Å². The van der Waals surface area contributed by atoms with Crippen molar-refractivity contribution in [3.8, 4) is 0 Å². The molecule has 3 rings (SSSR count). The summed E-state index contributed by atoms with van der Waals surface area (Å²) < 4.78 is 45.5. The molecule has 2 aromatic rings. The maximum atomic E-state index is 13.4. The fourth-order valence-electron chi connectivity index (χ4n) is 3.63. The number of rotatable bonds is 6. The highest BCUT2D eigenvalue weighted by Gasteiger charge is 2.47. The minimum absolute atomic E-state index is 0.0325. The van der Waals surface area contributed by atoms with Crippen molar-refractivity contribution in [2.75, 3.05) is 0 Å². The summed E-state index contributed by atoms with van der Waals surface area (Å²) in [5, 5.41) is 3.22. The van der Waals surface area contributed by atoms with Gasteiger partial charge in [0.25, 0.3) is 5.91 Å². The van der Waals surface area contributed by atoms with Crippen LogP contribution in [0.4, 0.5) is 13.2 Å². The van der Waals surface area contributed by atoms with Gasteiger partial charge in [-0.05, 0) is 42.7 Å². The van der Waals surface area contributed by atoms with E-state index >= 15 is 0 Å². The Hall–Kier alpha value is -2.48. The molecule has 1 aromatic carbocycles. The van der Waals surface area contributed by atoms with Crippen LogP contribution in [0.5, 0.6) is 0 Å². The van der Waals surface area contributed by atoms with Gasteiger partial charge in [-0.15, -0.1) is 0 Å². The second-order valence-electron chi connectivity index (χ2n) is 7.32. The first kappa shape index (κ1) is 22.2. The highest BCUT2D eigenvalue weighted by Crippen LogP contribution is 2.30. The second kappa shape index (κ2) is 9.55. The van der Waals surface area contributed by atoms with E-state index in [9.17, 15) is 22.8 Å². The number of hydrogen-bond donors (Lipinski definition) is 1. The molecular formula is C21H22ClF3N2O3. The van der Waals surface area contributed by atoms with Crippen LogP contribution in [0.25, 0.3) is 0 Å². The van der Waals surface area contributed by atoms with Crippen LogP contribution in [0, 0.1) is 0 Å². The third kappa shape index (κ3) is 5.56. The zero-order valence-electron chi connectivity index (χ0n) is 16.1. The molecule has 0 unspecified atom stereocenters. The Morgan fingerprint density at radius 2 is 1.80 bits per heavy atom. The van der Waals surface area contributed by atoms with Crippen molar-refractivity contribution in [1.82, 2.24) is 10.2 Å². The van der Waals surface area contributed by atoms with Crippen molar-refractivity contribution in [2.45, 2.75) is 56.9 Å². The summed E-state index contributed by atoms with van der Waals surface area (Å²) in [5.74, 6) is -2.84. The van der Waals surface area contributed by atoms with Crippen molar-refractivity contribution in [1.29, 1.82) is 0 Å². The number of benzene rings is 1. The van der Waals surface area contributed by atoms with E-state index in [0.29, 0.717) is 15.5 Å². The smallest absolute Gasteiger partial charge is 0.467 e. The Balaban J connectivity index is 1.94. The molecule has 0 saturated heterocycles. The van der Waals surface area contributed by atoms with Gasteiger partial charge in [0.05, 0.1) is 6.26 Å². The van der Waals surface area contributed by atoms with Crippen molar-refractivity contribution < 1.29 is 27.2 Å². The number of amides is 2. The fourth-order valence-corrected chi connectivity index (χ4v) is 3.75. The molecule has 1 atom stereocenters. The molecule has 5 nitrogen and oxygen atoms in total. The quantitative estimate of drug-likeness (QED) is 0.683. The Bertz CT molecular complexity index is 847. The van der Waals surface area contributed by atoms with Gasteiger partial charge in [-0.2, -0.15) is 13.2 Å². The molecule has 1 aliphatic carbocycles. The minimum atomic E-state index is -5.15. The molecule has 9 heteroatoms. The molecule has 1 N–H and O–H groups in total. The van der Waals surface area contributed by atoms with Crippen LogP contribution in [0.3, 0.4) is 0 Å². The van der Waals surface area contributed by atoms with Gasteiger partial charge >= 0.3 is 12.1 Å². The Kier molecular flexibility index (Phi) is 7.07. The molecule has 30 heavy (non-hydrogen) atoms. The lowest BCUT2D eigenvalue weighted by Crippen LogP contribution is -2.50. The predicted molar refractivity (Wildman–Crippen MR) is 105 cm³/mol. The number of alkyl halides is 3. The van der Waals surface area contributed by atoms with Gasteiger partial charge in [-0.3, -0.25) is 9.59 Å². The Morgan fingerprint density at radius 3 is 2.37 bits per heavy atom. The molecule has 0 radical (unpaired) electrons. The van der Waals surface area contributed by atoms with E-state index in [1.165, 1.54) is 42.7 Å². The topological polar surface area (TPSA) is 62.6 Å².